The lowest BCUT2D eigenvalue weighted by atomic mass is 10.3. The molecule has 0 aliphatic rings. The van der Waals surface area contributed by atoms with Gasteiger partial charge in [-0.3, -0.25) is 10.1 Å². The highest BCUT2D eigenvalue weighted by Gasteiger charge is 2.10. The summed E-state index contributed by atoms with van der Waals surface area (Å²) in [6.07, 6.45) is 1.27. The van der Waals surface area contributed by atoms with Gasteiger partial charge in [0, 0.05) is 12.1 Å². The summed E-state index contributed by atoms with van der Waals surface area (Å²) in [5.74, 6) is -1.27. The first kappa shape index (κ1) is 15.2. The third-order valence-electron chi connectivity index (χ3n) is 1.42. The Hall–Kier alpha value is -1.85. The van der Waals surface area contributed by atoms with Crippen molar-refractivity contribution in [3.63, 3.8) is 0 Å². The van der Waals surface area contributed by atoms with E-state index < -0.39 is 24.5 Å². The molecule has 6 heteroatoms. The van der Waals surface area contributed by atoms with Gasteiger partial charge in [-0.1, -0.05) is 5.57 Å². The zero-order valence-corrected chi connectivity index (χ0v) is 10.5. The fraction of sp³-hybridized carbons (Fsp3) is 0.545. The molecule has 0 unspecified atom stereocenters. The molecule has 0 atom stereocenters. The summed E-state index contributed by atoms with van der Waals surface area (Å²) < 4.78 is 4.61. The van der Waals surface area contributed by atoms with Crippen LogP contribution in [-0.2, 0) is 14.3 Å². The Morgan fingerprint density at radius 1 is 1.24 bits per heavy atom. The van der Waals surface area contributed by atoms with Crippen LogP contribution < -0.4 is 10.6 Å². The highest BCUT2D eigenvalue weighted by molar-refractivity contribution is 5.96. The van der Waals surface area contributed by atoms with Crippen LogP contribution in [0.4, 0.5) is 4.79 Å². The number of esters is 1. The number of urea groups is 1. The van der Waals surface area contributed by atoms with Gasteiger partial charge in [-0.05, 0) is 27.7 Å². The fourth-order valence-electron chi connectivity index (χ4n) is 0.875. The minimum Gasteiger partial charge on any atom is -0.452 e. The van der Waals surface area contributed by atoms with E-state index in [0.29, 0.717) is 0 Å². The molecule has 0 aromatic rings. The Labute approximate surface area is 100 Å². The molecular formula is C11H18N2O4. The van der Waals surface area contributed by atoms with E-state index in [-0.39, 0.29) is 6.04 Å². The highest BCUT2D eigenvalue weighted by Crippen LogP contribution is 1.90. The van der Waals surface area contributed by atoms with Gasteiger partial charge < -0.3 is 10.1 Å². The van der Waals surface area contributed by atoms with Crippen LogP contribution in [0.15, 0.2) is 11.6 Å². The molecule has 0 saturated heterocycles. The lowest BCUT2D eigenvalue weighted by Gasteiger charge is -2.08. The van der Waals surface area contributed by atoms with Gasteiger partial charge in [0.25, 0.3) is 5.91 Å². The smallest absolute Gasteiger partial charge is 0.331 e. The van der Waals surface area contributed by atoms with Gasteiger partial charge in [0.15, 0.2) is 6.61 Å². The van der Waals surface area contributed by atoms with Crippen molar-refractivity contribution < 1.29 is 19.1 Å². The second-order valence-corrected chi connectivity index (χ2v) is 4.01. The fourth-order valence-corrected chi connectivity index (χ4v) is 0.875. The number of amides is 3. The number of hydrogen-bond donors (Lipinski definition) is 2. The molecule has 0 aliphatic carbocycles. The van der Waals surface area contributed by atoms with Crippen molar-refractivity contribution in [2.75, 3.05) is 6.61 Å². The van der Waals surface area contributed by atoms with E-state index in [1.165, 1.54) is 6.08 Å². The maximum atomic E-state index is 11.2. The van der Waals surface area contributed by atoms with Crippen LogP contribution in [0.2, 0.25) is 0 Å². The van der Waals surface area contributed by atoms with Crippen molar-refractivity contribution in [3.8, 4) is 0 Å². The van der Waals surface area contributed by atoms with Crippen molar-refractivity contribution in [3.05, 3.63) is 11.6 Å². The molecule has 0 spiro atoms. The van der Waals surface area contributed by atoms with E-state index in [1.54, 1.807) is 27.7 Å². The van der Waals surface area contributed by atoms with E-state index in [2.05, 4.69) is 10.1 Å². The number of imide groups is 1. The van der Waals surface area contributed by atoms with Gasteiger partial charge in [0.2, 0.25) is 0 Å². The van der Waals surface area contributed by atoms with Crippen LogP contribution in [-0.4, -0.2) is 30.6 Å². The van der Waals surface area contributed by atoms with Gasteiger partial charge in [-0.25, -0.2) is 9.59 Å². The zero-order valence-electron chi connectivity index (χ0n) is 10.5. The number of carbonyl (C=O) groups is 3. The number of carbonyl (C=O) groups excluding carboxylic acids is 3. The molecule has 17 heavy (non-hydrogen) atoms. The Bertz CT molecular complexity index is 330. The van der Waals surface area contributed by atoms with Crippen LogP contribution in [0.5, 0.6) is 0 Å². The normalized spacial score (nSPS) is 9.47. The van der Waals surface area contributed by atoms with Crippen molar-refractivity contribution in [2.45, 2.75) is 33.7 Å². The number of rotatable bonds is 4. The lowest BCUT2D eigenvalue weighted by molar-refractivity contribution is -0.143. The van der Waals surface area contributed by atoms with Gasteiger partial charge in [-0.2, -0.15) is 0 Å². The molecule has 0 aliphatic heterocycles. The first-order valence-electron chi connectivity index (χ1n) is 5.23. The van der Waals surface area contributed by atoms with Gasteiger partial charge in [0.1, 0.15) is 0 Å². The number of ether oxygens (including phenoxy) is 1. The maximum Gasteiger partial charge on any atom is 0.331 e. The van der Waals surface area contributed by atoms with Crippen LogP contribution in [0.25, 0.3) is 0 Å². The van der Waals surface area contributed by atoms with Crippen LogP contribution >= 0.6 is 0 Å². The SMILES string of the molecule is CC(C)=CC(=O)OCC(=O)NC(=O)NC(C)C. The highest BCUT2D eigenvalue weighted by atomic mass is 16.5. The van der Waals surface area contributed by atoms with E-state index in [1.807, 2.05) is 5.32 Å². The molecule has 3 amide bonds. The third-order valence-corrected chi connectivity index (χ3v) is 1.42. The van der Waals surface area contributed by atoms with Crippen LogP contribution in [0.3, 0.4) is 0 Å². The second kappa shape index (κ2) is 7.43. The Morgan fingerprint density at radius 2 is 1.82 bits per heavy atom. The number of nitrogens with one attached hydrogen (secondary N) is 2. The molecule has 0 saturated carbocycles. The minimum atomic E-state index is -0.668. The van der Waals surface area contributed by atoms with Crippen molar-refractivity contribution in [2.24, 2.45) is 0 Å². The average Bonchev–Trinajstić information content (AvgIpc) is 2.12. The van der Waals surface area contributed by atoms with Crippen molar-refractivity contribution in [1.29, 1.82) is 0 Å². The summed E-state index contributed by atoms with van der Waals surface area (Å²) >= 11 is 0. The predicted molar refractivity (Wildman–Crippen MR) is 62.2 cm³/mol. The van der Waals surface area contributed by atoms with Crippen molar-refractivity contribution in [1.82, 2.24) is 10.6 Å². The molecule has 0 fully saturated rings. The monoisotopic (exact) mass is 242 g/mol. The molecule has 2 N–H and O–H groups in total. The van der Waals surface area contributed by atoms with Gasteiger partial charge in [0.05, 0.1) is 0 Å². The summed E-state index contributed by atoms with van der Waals surface area (Å²) in [6.45, 7) is 6.51. The molecule has 0 heterocycles. The molecule has 0 bridgehead atoms. The van der Waals surface area contributed by atoms with E-state index in [9.17, 15) is 14.4 Å². The summed E-state index contributed by atoms with van der Waals surface area (Å²) in [5.41, 5.74) is 0.771. The molecule has 0 aromatic carbocycles. The molecule has 6 nitrogen and oxygen atoms in total. The molecular weight excluding hydrogens is 224 g/mol. The summed E-state index contributed by atoms with van der Waals surface area (Å²) in [5, 5.41) is 4.50. The quantitative estimate of drug-likeness (QED) is 0.562. The number of allylic oxidation sites excluding steroid dienone is 1. The van der Waals surface area contributed by atoms with Crippen LogP contribution in [0.1, 0.15) is 27.7 Å². The first-order chi connectivity index (χ1) is 7.81. The summed E-state index contributed by atoms with van der Waals surface area (Å²) in [7, 11) is 0. The molecule has 96 valence electrons. The Kier molecular flexibility index (Phi) is 6.62. The topological polar surface area (TPSA) is 84.5 Å². The molecule has 0 radical (unpaired) electrons. The lowest BCUT2D eigenvalue weighted by Crippen LogP contribution is -2.44. The Morgan fingerprint density at radius 3 is 2.29 bits per heavy atom. The van der Waals surface area contributed by atoms with Crippen LogP contribution in [0, 0.1) is 0 Å². The van der Waals surface area contributed by atoms with Crippen molar-refractivity contribution >= 4 is 17.9 Å². The Balaban J connectivity index is 3.92. The predicted octanol–water partition coefficient (Wildman–Crippen LogP) is 0.730. The largest absolute Gasteiger partial charge is 0.452 e. The second-order valence-electron chi connectivity index (χ2n) is 4.01. The van der Waals surface area contributed by atoms with Gasteiger partial charge in [-0.15, -0.1) is 0 Å². The average molecular weight is 242 g/mol. The summed E-state index contributed by atoms with van der Waals surface area (Å²) in [4.78, 5) is 33.3. The minimum absolute atomic E-state index is 0.0731. The standard InChI is InChI=1S/C11H18N2O4/c1-7(2)5-10(15)17-6-9(14)13-11(16)12-8(3)4/h5,8H,6H2,1-4H3,(H2,12,13,14,16). The van der Waals surface area contributed by atoms with E-state index in [4.69, 9.17) is 0 Å². The van der Waals surface area contributed by atoms with E-state index in [0.717, 1.165) is 5.57 Å². The maximum absolute atomic E-state index is 11.2. The zero-order chi connectivity index (χ0) is 13.4. The molecule has 0 rings (SSSR count). The van der Waals surface area contributed by atoms with Gasteiger partial charge >= 0.3 is 12.0 Å². The summed E-state index contributed by atoms with van der Waals surface area (Å²) in [6, 6.07) is -0.681. The molecule has 0 aromatic heterocycles. The third kappa shape index (κ3) is 9.10. The van der Waals surface area contributed by atoms with E-state index >= 15 is 0 Å². The first-order valence-corrected chi connectivity index (χ1v) is 5.23. The number of hydrogen-bond acceptors (Lipinski definition) is 4.